The van der Waals surface area contributed by atoms with Crippen LogP contribution >= 0.6 is 0 Å². The number of rotatable bonds is 7. The monoisotopic (exact) mass is 347 g/mol. The highest BCUT2D eigenvalue weighted by molar-refractivity contribution is 5.98. The number of halogens is 1. The van der Waals surface area contributed by atoms with Gasteiger partial charge in [0.15, 0.2) is 0 Å². The number of ether oxygens (including phenoxy) is 1. The van der Waals surface area contributed by atoms with Crippen molar-refractivity contribution in [1.29, 1.82) is 0 Å². The minimum atomic E-state index is -0.148. The molecule has 1 saturated carbocycles. The number of hydrogen-bond donors (Lipinski definition) is 2. The number of hydrogen-bond acceptors (Lipinski definition) is 4. The molecular weight excluding hydrogens is 325 g/mol. The van der Waals surface area contributed by atoms with Gasteiger partial charge in [-0.3, -0.25) is 9.59 Å². The van der Waals surface area contributed by atoms with Crippen molar-refractivity contribution in [3.63, 3.8) is 0 Å². The van der Waals surface area contributed by atoms with Crippen molar-refractivity contribution in [2.24, 2.45) is 5.73 Å². The zero-order chi connectivity index (χ0) is 17.8. The second kappa shape index (κ2) is 7.65. The van der Waals surface area contributed by atoms with E-state index < -0.39 is 0 Å². The number of carbonyl (C=O) groups excluding carboxylic acids is 2. The van der Waals surface area contributed by atoms with Gasteiger partial charge in [0.2, 0.25) is 5.91 Å². The lowest BCUT2D eigenvalue weighted by Gasteiger charge is -2.28. The molecule has 6 nitrogen and oxygen atoms in total. The van der Waals surface area contributed by atoms with Crippen molar-refractivity contribution < 1.29 is 18.7 Å². The molecule has 0 bridgehead atoms. The first kappa shape index (κ1) is 17.4. The van der Waals surface area contributed by atoms with Gasteiger partial charge in [-0.05, 0) is 43.0 Å². The maximum Gasteiger partial charge on any atom is 0.254 e. The van der Waals surface area contributed by atoms with E-state index in [1.807, 2.05) is 0 Å². The number of benzene rings is 1. The predicted octanol–water partition coefficient (Wildman–Crippen LogP) is 1.15. The van der Waals surface area contributed by atoms with Crippen LogP contribution in [0.1, 0.15) is 28.8 Å². The molecule has 25 heavy (non-hydrogen) atoms. The predicted molar refractivity (Wildman–Crippen MR) is 91.0 cm³/mol. The summed E-state index contributed by atoms with van der Waals surface area (Å²) in [5.74, 6) is 0.316. The lowest BCUT2D eigenvalue weighted by molar-refractivity contribution is -0.122. The van der Waals surface area contributed by atoms with E-state index >= 15 is 0 Å². The fourth-order valence-electron chi connectivity index (χ4n) is 2.74. The number of fused-ring (bicyclic) bond motifs is 1. The van der Waals surface area contributed by atoms with Crippen LogP contribution in [0.15, 0.2) is 30.1 Å². The SMILES string of the molecule is NC/C(=C\F)COc1ccc2c(c1)CCN(CC(=O)NC1CC1)C2=O. The van der Waals surface area contributed by atoms with E-state index in [4.69, 9.17) is 10.5 Å². The fraction of sp³-hybridized carbons (Fsp3) is 0.444. The number of nitrogens with two attached hydrogens (primary N) is 1. The molecule has 0 unspecified atom stereocenters. The molecule has 0 spiro atoms. The zero-order valence-electron chi connectivity index (χ0n) is 14.0. The summed E-state index contributed by atoms with van der Waals surface area (Å²) in [5, 5.41) is 2.89. The van der Waals surface area contributed by atoms with E-state index in [1.165, 1.54) is 0 Å². The van der Waals surface area contributed by atoms with Gasteiger partial charge in [0.25, 0.3) is 5.91 Å². The van der Waals surface area contributed by atoms with Crippen LogP contribution < -0.4 is 15.8 Å². The van der Waals surface area contributed by atoms with Crippen LogP contribution in [0.3, 0.4) is 0 Å². The second-order valence-corrected chi connectivity index (χ2v) is 6.40. The standard InChI is InChI=1S/C18H22FN3O3/c19-8-12(9-20)11-25-15-3-4-16-13(7-15)5-6-22(18(16)24)10-17(23)21-14-1-2-14/h3-4,7-8,14H,1-2,5-6,9-11,20H2,(H,21,23)/b12-8+. The molecule has 2 amide bonds. The van der Waals surface area contributed by atoms with Gasteiger partial charge in [0, 0.05) is 30.3 Å². The maximum atomic E-state index is 12.6. The molecule has 0 saturated heterocycles. The Bertz CT molecular complexity index is 701. The summed E-state index contributed by atoms with van der Waals surface area (Å²) in [6, 6.07) is 5.45. The van der Waals surface area contributed by atoms with Crippen LogP contribution in [0, 0.1) is 0 Å². The molecule has 1 aliphatic carbocycles. The molecule has 1 heterocycles. The Morgan fingerprint density at radius 2 is 2.24 bits per heavy atom. The molecule has 1 aromatic carbocycles. The maximum absolute atomic E-state index is 12.6. The Labute approximate surface area is 145 Å². The van der Waals surface area contributed by atoms with Crippen molar-refractivity contribution in [3.8, 4) is 5.75 Å². The number of amides is 2. The van der Waals surface area contributed by atoms with Crippen LogP contribution in [0.5, 0.6) is 5.75 Å². The Kier molecular flexibility index (Phi) is 5.33. The van der Waals surface area contributed by atoms with Crippen molar-refractivity contribution in [2.45, 2.75) is 25.3 Å². The smallest absolute Gasteiger partial charge is 0.254 e. The highest BCUT2D eigenvalue weighted by atomic mass is 19.1. The first-order valence-corrected chi connectivity index (χ1v) is 8.43. The Balaban J connectivity index is 1.62. The third kappa shape index (κ3) is 4.36. The Morgan fingerprint density at radius 3 is 2.92 bits per heavy atom. The van der Waals surface area contributed by atoms with Crippen molar-refractivity contribution >= 4 is 11.8 Å². The molecular formula is C18H22FN3O3. The number of nitrogens with one attached hydrogen (secondary N) is 1. The minimum Gasteiger partial charge on any atom is -0.489 e. The van der Waals surface area contributed by atoms with E-state index in [1.54, 1.807) is 23.1 Å². The summed E-state index contributed by atoms with van der Waals surface area (Å²) < 4.78 is 18.0. The first-order chi connectivity index (χ1) is 12.1. The quantitative estimate of drug-likeness (QED) is 0.775. The number of nitrogens with zero attached hydrogens (tertiary/aromatic N) is 1. The Hall–Kier alpha value is -2.41. The van der Waals surface area contributed by atoms with Gasteiger partial charge in [-0.1, -0.05) is 0 Å². The molecule has 1 aromatic rings. The van der Waals surface area contributed by atoms with Gasteiger partial charge in [-0.15, -0.1) is 0 Å². The first-order valence-electron chi connectivity index (χ1n) is 8.43. The van der Waals surface area contributed by atoms with E-state index in [0.717, 1.165) is 18.4 Å². The zero-order valence-corrected chi connectivity index (χ0v) is 14.0. The molecule has 1 fully saturated rings. The highest BCUT2D eigenvalue weighted by Crippen LogP contribution is 2.24. The molecule has 0 atom stereocenters. The second-order valence-electron chi connectivity index (χ2n) is 6.40. The average Bonchev–Trinajstić information content (AvgIpc) is 3.42. The van der Waals surface area contributed by atoms with Gasteiger partial charge < -0.3 is 20.7 Å². The van der Waals surface area contributed by atoms with Crippen molar-refractivity contribution in [3.05, 3.63) is 41.2 Å². The van der Waals surface area contributed by atoms with Gasteiger partial charge >= 0.3 is 0 Å². The van der Waals surface area contributed by atoms with Gasteiger partial charge in [0.05, 0.1) is 12.9 Å². The van der Waals surface area contributed by atoms with Gasteiger partial charge in [-0.25, -0.2) is 4.39 Å². The summed E-state index contributed by atoms with van der Waals surface area (Å²) in [7, 11) is 0. The van der Waals surface area contributed by atoms with E-state index in [9.17, 15) is 14.0 Å². The van der Waals surface area contributed by atoms with E-state index in [0.29, 0.717) is 36.2 Å². The molecule has 1 aliphatic heterocycles. The topological polar surface area (TPSA) is 84.7 Å². The Morgan fingerprint density at radius 1 is 1.44 bits per heavy atom. The molecule has 0 aromatic heterocycles. The highest BCUT2D eigenvalue weighted by Gasteiger charge is 2.28. The van der Waals surface area contributed by atoms with Crippen LogP contribution in [0.25, 0.3) is 0 Å². The van der Waals surface area contributed by atoms with Crippen molar-refractivity contribution in [1.82, 2.24) is 10.2 Å². The molecule has 3 rings (SSSR count). The fourth-order valence-corrected chi connectivity index (χ4v) is 2.74. The van der Waals surface area contributed by atoms with Crippen LogP contribution in [-0.2, 0) is 11.2 Å². The van der Waals surface area contributed by atoms with E-state index in [-0.39, 0.29) is 37.6 Å². The van der Waals surface area contributed by atoms with Gasteiger partial charge in [-0.2, -0.15) is 0 Å². The molecule has 2 aliphatic rings. The minimum absolute atomic E-state index is 0.0766. The largest absolute Gasteiger partial charge is 0.489 e. The van der Waals surface area contributed by atoms with Gasteiger partial charge in [0.1, 0.15) is 12.4 Å². The lowest BCUT2D eigenvalue weighted by atomic mass is 9.98. The summed E-state index contributed by atoms with van der Waals surface area (Å²) in [6.07, 6.45) is 3.15. The molecule has 0 radical (unpaired) electrons. The summed E-state index contributed by atoms with van der Waals surface area (Å²) in [6.45, 7) is 0.755. The summed E-state index contributed by atoms with van der Waals surface area (Å²) in [4.78, 5) is 26.0. The summed E-state index contributed by atoms with van der Waals surface area (Å²) in [5.41, 5.74) is 7.21. The summed E-state index contributed by atoms with van der Waals surface area (Å²) >= 11 is 0. The molecule has 3 N–H and O–H groups in total. The van der Waals surface area contributed by atoms with Crippen LogP contribution in [-0.4, -0.2) is 49.0 Å². The third-order valence-electron chi connectivity index (χ3n) is 4.36. The normalized spacial score (nSPS) is 17.3. The lowest BCUT2D eigenvalue weighted by Crippen LogP contribution is -2.44. The third-order valence-corrected chi connectivity index (χ3v) is 4.36. The van der Waals surface area contributed by atoms with Crippen LogP contribution in [0.4, 0.5) is 4.39 Å². The molecule has 134 valence electrons. The van der Waals surface area contributed by atoms with E-state index in [2.05, 4.69) is 5.32 Å². The van der Waals surface area contributed by atoms with Crippen LogP contribution in [0.2, 0.25) is 0 Å². The molecule has 7 heteroatoms. The average molecular weight is 347 g/mol. The number of carbonyl (C=O) groups is 2. The van der Waals surface area contributed by atoms with Crippen molar-refractivity contribution in [2.75, 3.05) is 26.2 Å².